The second-order valence-electron chi connectivity index (χ2n) is 5.83. The maximum absolute atomic E-state index is 12.0. The minimum Gasteiger partial charge on any atom is -0.451 e. The van der Waals surface area contributed by atoms with Crippen molar-refractivity contribution >= 4 is 23.5 Å². The number of benzene rings is 2. The van der Waals surface area contributed by atoms with E-state index in [4.69, 9.17) is 4.74 Å². The van der Waals surface area contributed by atoms with Crippen LogP contribution in [0.5, 0.6) is 0 Å². The van der Waals surface area contributed by atoms with Gasteiger partial charge in [0.15, 0.2) is 6.10 Å². The Bertz CT molecular complexity index is 869. The smallest absolute Gasteiger partial charge is 0.326 e. The number of nitrogens with one attached hydrogen (secondary N) is 2. The zero-order valence-corrected chi connectivity index (χ0v) is 15.1. The Hall–Kier alpha value is -3.75. The number of ether oxygens (including phenoxy) is 1. The zero-order chi connectivity index (χ0) is 20.5. The Morgan fingerprint density at radius 1 is 1.07 bits per heavy atom. The molecule has 0 heterocycles. The number of nitro benzene ring substituents is 1. The molecule has 9 heteroatoms. The van der Waals surface area contributed by atoms with Crippen LogP contribution in [0, 0.1) is 10.1 Å². The fourth-order valence-corrected chi connectivity index (χ4v) is 2.24. The monoisotopic (exact) mass is 385 g/mol. The van der Waals surface area contributed by atoms with Crippen LogP contribution in [0.1, 0.15) is 22.8 Å². The van der Waals surface area contributed by atoms with Crippen molar-refractivity contribution in [3.05, 3.63) is 75.8 Å². The summed E-state index contributed by atoms with van der Waals surface area (Å²) in [4.78, 5) is 45.9. The van der Waals surface area contributed by atoms with Gasteiger partial charge in [-0.2, -0.15) is 0 Å². The van der Waals surface area contributed by atoms with E-state index in [1.54, 1.807) is 0 Å². The SMILES string of the molecule is C[C@H](OC(=O)CNC(=O)c1cccc([N+](=O)[O-])c1)C(=O)NCc1ccccc1. The van der Waals surface area contributed by atoms with E-state index in [1.165, 1.54) is 25.1 Å². The number of esters is 1. The van der Waals surface area contributed by atoms with Gasteiger partial charge in [-0.25, -0.2) is 0 Å². The van der Waals surface area contributed by atoms with Crippen molar-refractivity contribution in [2.75, 3.05) is 6.54 Å². The van der Waals surface area contributed by atoms with Crippen LogP contribution < -0.4 is 10.6 Å². The molecule has 9 nitrogen and oxygen atoms in total. The molecular weight excluding hydrogens is 366 g/mol. The third kappa shape index (κ3) is 6.20. The van der Waals surface area contributed by atoms with Crippen LogP contribution in [0.15, 0.2) is 54.6 Å². The lowest BCUT2D eigenvalue weighted by Crippen LogP contribution is -2.38. The predicted molar refractivity (Wildman–Crippen MR) is 99.3 cm³/mol. The van der Waals surface area contributed by atoms with Gasteiger partial charge in [0.2, 0.25) is 0 Å². The van der Waals surface area contributed by atoms with Crippen molar-refractivity contribution in [1.29, 1.82) is 0 Å². The summed E-state index contributed by atoms with van der Waals surface area (Å²) >= 11 is 0. The van der Waals surface area contributed by atoms with Gasteiger partial charge in [0, 0.05) is 24.2 Å². The third-order valence-electron chi connectivity index (χ3n) is 3.70. The lowest BCUT2D eigenvalue weighted by atomic mass is 10.2. The average molecular weight is 385 g/mol. The van der Waals surface area contributed by atoms with E-state index < -0.39 is 35.4 Å². The van der Waals surface area contributed by atoms with Gasteiger partial charge in [-0.05, 0) is 18.6 Å². The molecule has 0 unspecified atom stereocenters. The van der Waals surface area contributed by atoms with Crippen molar-refractivity contribution in [3.63, 3.8) is 0 Å². The molecule has 2 aromatic carbocycles. The van der Waals surface area contributed by atoms with Crippen molar-refractivity contribution < 1.29 is 24.0 Å². The predicted octanol–water partition coefficient (Wildman–Crippen LogP) is 1.57. The highest BCUT2D eigenvalue weighted by Gasteiger charge is 2.18. The molecule has 0 aliphatic rings. The Kier molecular flexibility index (Phi) is 7.21. The van der Waals surface area contributed by atoms with Crippen LogP contribution in [0.25, 0.3) is 0 Å². The number of hydrogen-bond donors (Lipinski definition) is 2. The van der Waals surface area contributed by atoms with Crippen LogP contribution in [-0.2, 0) is 20.9 Å². The molecule has 146 valence electrons. The minimum absolute atomic E-state index is 0.0376. The van der Waals surface area contributed by atoms with Crippen molar-refractivity contribution in [2.24, 2.45) is 0 Å². The number of nitro groups is 1. The van der Waals surface area contributed by atoms with E-state index in [0.717, 1.165) is 11.6 Å². The van der Waals surface area contributed by atoms with Crippen LogP contribution >= 0.6 is 0 Å². The standard InChI is InChI=1S/C19H19N3O6/c1-13(18(24)20-11-14-6-3-2-4-7-14)28-17(23)12-21-19(25)15-8-5-9-16(10-15)22(26)27/h2-10,13H,11-12H2,1H3,(H,20,24)(H,21,25)/t13-/m0/s1. The summed E-state index contributed by atoms with van der Waals surface area (Å²) in [7, 11) is 0. The van der Waals surface area contributed by atoms with Crippen LogP contribution in [0.4, 0.5) is 5.69 Å². The molecule has 0 aromatic heterocycles. The number of hydrogen-bond acceptors (Lipinski definition) is 6. The van der Waals surface area contributed by atoms with Gasteiger partial charge in [-0.15, -0.1) is 0 Å². The molecule has 0 aliphatic heterocycles. The lowest BCUT2D eigenvalue weighted by Gasteiger charge is -2.14. The van der Waals surface area contributed by atoms with Crippen LogP contribution in [-0.4, -0.2) is 35.4 Å². The van der Waals surface area contributed by atoms with E-state index in [1.807, 2.05) is 30.3 Å². The van der Waals surface area contributed by atoms with Gasteiger partial charge >= 0.3 is 5.97 Å². The lowest BCUT2D eigenvalue weighted by molar-refractivity contribution is -0.384. The van der Waals surface area contributed by atoms with E-state index >= 15 is 0 Å². The molecule has 0 saturated carbocycles. The number of rotatable bonds is 8. The molecule has 2 aromatic rings. The number of non-ortho nitro benzene ring substituents is 1. The number of carbonyl (C=O) groups is 3. The first kappa shape index (κ1) is 20.6. The highest BCUT2D eigenvalue weighted by molar-refractivity contribution is 5.96. The summed E-state index contributed by atoms with van der Waals surface area (Å²) in [6, 6.07) is 14.3. The summed E-state index contributed by atoms with van der Waals surface area (Å²) in [5, 5.41) is 15.7. The Morgan fingerprint density at radius 2 is 1.79 bits per heavy atom. The molecule has 0 saturated heterocycles. The Morgan fingerprint density at radius 3 is 2.46 bits per heavy atom. The summed E-state index contributed by atoms with van der Waals surface area (Å²) < 4.78 is 4.97. The molecular formula is C19H19N3O6. The second-order valence-corrected chi connectivity index (χ2v) is 5.83. The highest BCUT2D eigenvalue weighted by Crippen LogP contribution is 2.12. The molecule has 0 aliphatic carbocycles. The summed E-state index contributed by atoms with van der Waals surface area (Å²) in [5.74, 6) is -1.94. The molecule has 0 spiro atoms. The maximum Gasteiger partial charge on any atom is 0.326 e. The molecule has 1 atom stereocenters. The van der Waals surface area contributed by atoms with Gasteiger partial charge in [-0.1, -0.05) is 36.4 Å². The third-order valence-corrected chi connectivity index (χ3v) is 3.70. The van der Waals surface area contributed by atoms with Gasteiger partial charge in [0.05, 0.1) is 4.92 Å². The fourth-order valence-electron chi connectivity index (χ4n) is 2.24. The van der Waals surface area contributed by atoms with Crippen LogP contribution in [0.3, 0.4) is 0 Å². The fraction of sp³-hybridized carbons (Fsp3) is 0.211. The molecule has 2 rings (SSSR count). The summed E-state index contributed by atoms with van der Waals surface area (Å²) in [5.41, 5.74) is 0.702. The van der Waals surface area contributed by atoms with Gasteiger partial charge < -0.3 is 15.4 Å². The quantitative estimate of drug-likeness (QED) is 0.403. The van der Waals surface area contributed by atoms with Crippen molar-refractivity contribution in [2.45, 2.75) is 19.6 Å². The topological polar surface area (TPSA) is 128 Å². The first-order valence-electron chi connectivity index (χ1n) is 8.40. The number of nitrogens with zero attached hydrogens (tertiary/aromatic N) is 1. The van der Waals surface area contributed by atoms with E-state index in [2.05, 4.69) is 10.6 Å². The number of carbonyl (C=O) groups excluding carboxylic acids is 3. The zero-order valence-electron chi connectivity index (χ0n) is 15.1. The average Bonchev–Trinajstić information content (AvgIpc) is 2.70. The van der Waals surface area contributed by atoms with Gasteiger partial charge in [0.1, 0.15) is 6.54 Å². The highest BCUT2D eigenvalue weighted by atomic mass is 16.6. The van der Waals surface area contributed by atoms with Gasteiger partial charge in [0.25, 0.3) is 17.5 Å². The summed E-state index contributed by atoms with van der Waals surface area (Å²) in [6.07, 6.45) is -1.04. The van der Waals surface area contributed by atoms with Gasteiger partial charge in [-0.3, -0.25) is 24.5 Å². The first-order chi connectivity index (χ1) is 13.4. The molecule has 0 bridgehead atoms. The normalized spacial score (nSPS) is 11.2. The Balaban J connectivity index is 1.78. The molecule has 2 amide bonds. The minimum atomic E-state index is -1.04. The largest absolute Gasteiger partial charge is 0.451 e. The van der Waals surface area contributed by atoms with E-state index in [-0.39, 0.29) is 11.3 Å². The molecule has 2 N–H and O–H groups in total. The molecule has 0 radical (unpaired) electrons. The second kappa shape index (κ2) is 9.81. The van der Waals surface area contributed by atoms with Crippen molar-refractivity contribution in [3.8, 4) is 0 Å². The Labute approximate surface area is 160 Å². The molecule has 0 fully saturated rings. The van der Waals surface area contributed by atoms with Crippen molar-refractivity contribution in [1.82, 2.24) is 10.6 Å². The van der Waals surface area contributed by atoms with E-state index in [0.29, 0.717) is 6.54 Å². The molecule has 28 heavy (non-hydrogen) atoms. The van der Waals surface area contributed by atoms with Crippen LogP contribution in [0.2, 0.25) is 0 Å². The number of amides is 2. The maximum atomic E-state index is 12.0. The summed E-state index contributed by atoms with van der Waals surface area (Å²) in [6.45, 7) is 1.24. The van der Waals surface area contributed by atoms with E-state index in [9.17, 15) is 24.5 Å². The first-order valence-corrected chi connectivity index (χ1v) is 8.40.